The highest BCUT2D eigenvalue weighted by atomic mass is 16.3. The van der Waals surface area contributed by atoms with E-state index >= 15 is 0 Å². The van der Waals surface area contributed by atoms with Crippen LogP contribution in [0.4, 0.5) is 5.69 Å². The summed E-state index contributed by atoms with van der Waals surface area (Å²) in [6.45, 7) is 3.97. The molecule has 1 unspecified atom stereocenters. The number of hydrogen-bond acceptors (Lipinski definition) is 3. The van der Waals surface area contributed by atoms with Crippen molar-refractivity contribution in [3.8, 4) is 0 Å². The summed E-state index contributed by atoms with van der Waals surface area (Å²) in [4.78, 5) is 2.42. The molecule has 1 aromatic carbocycles. The molecule has 3 nitrogen and oxygen atoms in total. The molecule has 0 amide bonds. The van der Waals surface area contributed by atoms with Gasteiger partial charge < -0.3 is 15.7 Å². The molecule has 1 aliphatic heterocycles. The van der Waals surface area contributed by atoms with Gasteiger partial charge >= 0.3 is 0 Å². The molecule has 100 valence electrons. The van der Waals surface area contributed by atoms with E-state index in [0.29, 0.717) is 0 Å². The van der Waals surface area contributed by atoms with Gasteiger partial charge in [-0.1, -0.05) is 18.2 Å². The lowest BCUT2D eigenvalue weighted by atomic mass is 10.00. The summed E-state index contributed by atoms with van der Waals surface area (Å²) in [5.74, 6) is 0. The van der Waals surface area contributed by atoms with E-state index in [1.807, 2.05) is 6.92 Å². The number of nitrogens with two attached hydrogens (primary N) is 1. The Kier molecular flexibility index (Phi) is 4.25. The molecule has 0 saturated heterocycles. The van der Waals surface area contributed by atoms with Crippen molar-refractivity contribution in [2.45, 2.75) is 38.1 Å². The summed E-state index contributed by atoms with van der Waals surface area (Å²) >= 11 is 0. The SMILES string of the molecule is CC(N)(CO)CCN1CCCCc2ccccc21. The first-order chi connectivity index (χ1) is 8.62. The van der Waals surface area contributed by atoms with Crippen LogP contribution in [-0.2, 0) is 6.42 Å². The van der Waals surface area contributed by atoms with Crippen molar-refractivity contribution >= 4 is 5.69 Å². The quantitative estimate of drug-likeness (QED) is 0.856. The summed E-state index contributed by atoms with van der Waals surface area (Å²) in [7, 11) is 0. The summed E-state index contributed by atoms with van der Waals surface area (Å²) < 4.78 is 0. The van der Waals surface area contributed by atoms with Gasteiger partial charge in [0.25, 0.3) is 0 Å². The number of benzene rings is 1. The predicted molar refractivity (Wildman–Crippen MR) is 75.9 cm³/mol. The van der Waals surface area contributed by atoms with Gasteiger partial charge in [-0.2, -0.15) is 0 Å². The Morgan fingerprint density at radius 3 is 2.89 bits per heavy atom. The molecule has 0 bridgehead atoms. The van der Waals surface area contributed by atoms with Crippen LogP contribution < -0.4 is 10.6 Å². The largest absolute Gasteiger partial charge is 0.394 e. The molecule has 0 aromatic heterocycles. The number of aryl methyl sites for hydroxylation is 1. The highest BCUT2D eigenvalue weighted by Crippen LogP contribution is 2.26. The van der Waals surface area contributed by atoms with Gasteiger partial charge in [0.15, 0.2) is 0 Å². The van der Waals surface area contributed by atoms with E-state index in [4.69, 9.17) is 5.73 Å². The van der Waals surface area contributed by atoms with Gasteiger partial charge in [0.2, 0.25) is 0 Å². The first kappa shape index (κ1) is 13.4. The third-order valence-electron chi connectivity index (χ3n) is 3.77. The molecular formula is C15H24N2O. The normalized spacial score (nSPS) is 18.9. The summed E-state index contributed by atoms with van der Waals surface area (Å²) in [6.07, 6.45) is 4.48. The van der Waals surface area contributed by atoms with Crippen molar-refractivity contribution < 1.29 is 5.11 Å². The molecule has 3 N–H and O–H groups in total. The van der Waals surface area contributed by atoms with Crippen molar-refractivity contribution in [2.75, 3.05) is 24.6 Å². The number of aliphatic hydroxyl groups excluding tert-OH is 1. The molecule has 0 saturated carbocycles. The minimum atomic E-state index is -0.471. The Labute approximate surface area is 110 Å². The number of nitrogens with zero attached hydrogens (tertiary/aromatic N) is 1. The summed E-state index contributed by atoms with van der Waals surface area (Å²) in [5, 5.41) is 9.23. The number of rotatable bonds is 4. The number of para-hydroxylation sites is 1. The first-order valence-electron chi connectivity index (χ1n) is 6.85. The molecule has 0 spiro atoms. The van der Waals surface area contributed by atoms with Gasteiger partial charge in [0, 0.05) is 24.3 Å². The van der Waals surface area contributed by atoms with Crippen LogP contribution in [0.15, 0.2) is 24.3 Å². The van der Waals surface area contributed by atoms with E-state index < -0.39 is 5.54 Å². The van der Waals surface area contributed by atoms with Crippen molar-refractivity contribution in [3.05, 3.63) is 29.8 Å². The lowest BCUT2D eigenvalue weighted by molar-refractivity contribution is 0.201. The van der Waals surface area contributed by atoms with Crippen molar-refractivity contribution in [3.63, 3.8) is 0 Å². The molecule has 1 atom stereocenters. The van der Waals surface area contributed by atoms with Gasteiger partial charge in [-0.25, -0.2) is 0 Å². The second-order valence-electron chi connectivity index (χ2n) is 5.64. The van der Waals surface area contributed by atoms with E-state index in [2.05, 4.69) is 29.2 Å². The maximum absolute atomic E-state index is 9.23. The van der Waals surface area contributed by atoms with Crippen molar-refractivity contribution in [1.29, 1.82) is 0 Å². The predicted octanol–water partition coefficient (Wildman–Crippen LogP) is 1.93. The van der Waals surface area contributed by atoms with Crippen LogP contribution in [0.2, 0.25) is 0 Å². The van der Waals surface area contributed by atoms with Crippen LogP contribution in [-0.4, -0.2) is 30.3 Å². The van der Waals surface area contributed by atoms with E-state index in [1.165, 1.54) is 30.5 Å². The third-order valence-corrected chi connectivity index (χ3v) is 3.77. The zero-order chi connectivity index (χ0) is 13.0. The monoisotopic (exact) mass is 248 g/mol. The lowest BCUT2D eigenvalue weighted by Crippen LogP contribution is -2.43. The maximum Gasteiger partial charge on any atom is 0.0609 e. The highest BCUT2D eigenvalue weighted by molar-refractivity contribution is 5.54. The molecule has 2 rings (SSSR count). The first-order valence-corrected chi connectivity index (χ1v) is 6.85. The second-order valence-corrected chi connectivity index (χ2v) is 5.64. The van der Waals surface area contributed by atoms with Crippen LogP contribution in [0.3, 0.4) is 0 Å². The molecule has 0 radical (unpaired) electrons. The summed E-state index contributed by atoms with van der Waals surface area (Å²) in [5.41, 5.74) is 8.34. The number of hydrogen-bond donors (Lipinski definition) is 2. The van der Waals surface area contributed by atoms with E-state index in [9.17, 15) is 5.11 Å². The van der Waals surface area contributed by atoms with E-state index in [0.717, 1.165) is 19.5 Å². The Morgan fingerprint density at radius 2 is 2.11 bits per heavy atom. The van der Waals surface area contributed by atoms with Crippen LogP contribution >= 0.6 is 0 Å². The Morgan fingerprint density at radius 1 is 1.33 bits per heavy atom. The number of anilines is 1. The van der Waals surface area contributed by atoms with Gasteiger partial charge in [-0.05, 0) is 44.2 Å². The topological polar surface area (TPSA) is 49.5 Å². The molecule has 3 heteroatoms. The lowest BCUT2D eigenvalue weighted by Gasteiger charge is -2.29. The van der Waals surface area contributed by atoms with Gasteiger partial charge in [-0.3, -0.25) is 0 Å². The fraction of sp³-hybridized carbons (Fsp3) is 0.600. The third kappa shape index (κ3) is 3.24. The van der Waals surface area contributed by atoms with Crippen molar-refractivity contribution in [1.82, 2.24) is 0 Å². The second kappa shape index (κ2) is 5.72. The average Bonchev–Trinajstić information content (AvgIpc) is 2.59. The van der Waals surface area contributed by atoms with Gasteiger partial charge in [-0.15, -0.1) is 0 Å². The molecular weight excluding hydrogens is 224 g/mol. The number of aliphatic hydroxyl groups is 1. The smallest absolute Gasteiger partial charge is 0.0609 e. The van der Waals surface area contributed by atoms with Crippen molar-refractivity contribution in [2.24, 2.45) is 5.73 Å². The zero-order valence-corrected chi connectivity index (χ0v) is 11.2. The van der Waals surface area contributed by atoms with Crippen LogP contribution in [0, 0.1) is 0 Å². The number of fused-ring (bicyclic) bond motifs is 1. The molecule has 0 fully saturated rings. The Bertz CT molecular complexity index is 390. The van der Waals surface area contributed by atoms with Gasteiger partial charge in [0.1, 0.15) is 0 Å². The fourth-order valence-corrected chi connectivity index (χ4v) is 2.47. The molecule has 1 aromatic rings. The molecule has 18 heavy (non-hydrogen) atoms. The summed E-state index contributed by atoms with van der Waals surface area (Å²) in [6, 6.07) is 8.64. The zero-order valence-electron chi connectivity index (χ0n) is 11.2. The molecule has 0 aliphatic carbocycles. The fourth-order valence-electron chi connectivity index (χ4n) is 2.47. The van der Waals surface area contributed by atoms with Crippen LogP contribution in [0.25, 0.3) is 0 Å². The highest BCUT2D eigenvalue weighted by Gasteiger charge is 2.20. The molecule has 1 heterocycles. The average molecular weight is 248 g/mol. The van der Waals surface area contributed by atoms with Gasteiger partial charge in [0.05, 0.1) is 6.61 Å². The van der Waals surface area contributed by atoms with Crippen LogP contribution in [0.1, 0.15) is 31.7 Å². The minimum absolute atomic E-state index is 0.0441. The van der Waals surface area contributed by atoms with E-state index in [-0.39, 0.29) is 6.61 Å². The van der Waals surface area contributed by atoms with E-state index in [1.54, 1.807) is 0 Å². The maximum atomic E-state index is 9.23. The molecule has 1 aliphatic rings. The Hall–Kier alpha value is -1.06. The minimum Gasteiger partial charge on any atom is -0.394 e. The van der Waals surface area contributed by atoms with Crippen LogP contribution in [0.5, 0.6) is 0 Å². The Balaban J connectivity index is 2.08. The standard InChI is InChI=1S/C15H24N2O/c1-15(16,12-18)9-11-17-10-5-4-7-13-6-2-3-8-14(13)17/h2-3,6,8,18H,4-5,7,9-12,16H2,1H3.